The lowest BCUT2D eigenvalue weighted by Crippen LogP contribution is -2.36. The third-order valence-corrected chi connectivity index (χ3v) is 5.79. The molecule has 0 saturated heterocycles. The van der Waals surface area contributed by atoms with Crippen LogP contribution >= 0.6 is 11.6 Å². The number of rotatable bonds is 6. The topological polar surface area (TPSA) is 71.3 Å². The van der Waals surface area contributed by atoms with Gasteiger partial charge in [-0.3, -0.25) is 19.8 Å². The summed E-state index contributed by atoms with van der Waals surface area (Å²) in [6.45, 7) is 11.6. The number of aryl methyl sites for hydroxylation is 4. The maximum Gasteiger partial charge on any atom is 0.259 e. The highest BCUT2D eigenvalue weighted by Gasteiger charge is 2.14. The molecule has 3 aromatic rings. The molecule has 0 aliphatic carbocycles. The third kappa shape index (κ3) is 5.56. The average Bonchev–Trinajstić information content (AvgIpc) is 3.04. The maximum atomic E-state index is 12.9. The fourth-order valence-corrected chi connectivity index (χ4v) is 3.83. The highest BCUT2D eigenvalue weighted by atomic mass is 35.5. The summed E-state index contributed by atoms with van der Waals surface area (Å²) in [7, 11) is 0. The van der Waals surface area contributed by atoms with E-state index < -0.39 is 0 Å². The molecule has 1 aromatic heterocycles. The molecule has 0 aliphatic heterocycles. The normalized spacial score (nSPS) is 11.5. The number of carbonyl (C=O) groups is 1. The van der Waals surface area contributed by atoms with Gasteiger partial charge in [-0.1, -0.05) is 35.9 Å². The molecule has 0 fully saturated rings. The molecule has 0 atom stereocenters. The van der Waals surface area contributed by atoms with Crippen LogP contribution in [0.1, 0.15) is 45.4 Å². The van der Waals surface area contributed by atoms with Gasteiger partial charge in [-0.25, -0.2) is 0 Å². The van der Waals surface area contributed by atoms with Crippen molar-refractivity contribution in [1.82, 2.24) is 15.1 Å². The first-order valence-corrected chi connectivity index (χ1v) is 11.2. The lowest BCUT2D eigenvalue weighted by atomic mass is 10.1. The Morgan fingerprint density at radius 3 is 2.56 bits per heavy atom. The van der Waals surface area contributed by atoms with Crippen LogP contribution < -0.4 is 10.6 Å². The van der Waals surface area contributed by atoms with E-state index in [4.69, 9.17) is 16.6 Å². The van der Waals surface area contributed by atoms with Crippen LogP contribution in [0, 0.1) is 27.7 Å². The fraction of sp³-hybridized carbons (Fsp3) is 0.320. The first-order valence-electron chi connectivity index (χ1n) is 10.8. The highest BCUT2D eigenvalue weighted by molar-refractivity contribution is 6.34. The van der Waals surface area contributed by atoms with Crippen molar-refractivity contribution >= 4 is 29.2 Å². The van der Waals surface area contributed by atoms with Gasteiger partial charge in [0.05, 0.1) is 16.3 Å². The Kier molecular flexibility index (Phi) is 7.70. The number of aromatic nitrogens is 2. The molecule has 1 amide bonds. The van der Waals surface area contributed by atoms with Crippen molar-refractivity contribution in [2.75, 3.05) is 11.9 Å². The first kappa shape index (κ1) is 23.5. The van der Waals surface area contributed by atoms with Gasteiger partial charge in [-0.15, -0.1) is 0 Å². The van der Waals surface area contributed by atoms with Gasteiger partial charge in [-0.2, -0.15) is 5.10 Å². The van der Waals surface area contributed by atoms with Crippen molar-refractivity contribution in [3.63, 3.8) is 0 Å². The zero-order chi connectivity index (χ0) is 23.3. The molecule has 2 N–H and O–H groups in total. The summed E-state index contributed by atoms with van der Waals surface area (Å²) in [6, 6.07) is 13.1. The molecule has 3 rings (SSSR count). The van der Waals surface area contributed by atoms with Gasteiger partial charge in [0.1, 0.15) is 0 Å². The van der Waals surface area contributed by atoms with E-state index >= 15 is 0 Å². The summed E-state index contributed by atoms with van der Waals surface area (Å²) in [5.74, 6) is 0.0835. The molecule has 1 heterocycles. The van der Waals surface area contributed by atoms with E-state index in [2.05, 4.69) is 35.6 Å². The molecular weight excluding hydrogens is 422 g/mol. The quantitative estimate of drug-likeness (QED) is 0.398. The van der Waals surface area contributed by atoms with Crippen molar-refractivity contribution < 1.29 is 4.79 Å². The van der Waals surface area contributed by atoms with E-state index in [0.717, 1.165) is 41.2 Å². The Labute approximate surface area is 194 Å². The van der Waals surface area contributed by atoms with Gasteiger partial charge in [-0.05, 0) is 75.9 Å². The molecule has 7 heteroatoms. The number of nitrogens with zero attached hydrogens (tertiary/aromatic N) is 3. The standard InChI is InChI=1S/C25H30ClN5O/c1-6-31-19(5)20(18(4)30-31)13-14-27-25(28-23-15-16(2)11-12-17(23)3)29-24(32)21-9-7-8-10-22(21)26/h7-12,15H,6,13-14H2,1-5H3,(H2,27,28,29,32). The molecule has 0 bridgehead atoms. The van der Waals surface area contributed by atoms with Crippen molar-refractivity contribution in [1.29, 1.82) is 0 Å². The van der Waals surface area contributed by atoms with E-state index in [1.54, 1.807) is 24.3 Å². The summed E-state index contributed by atoms with van der Waals surface area (Å²) < 4.78 is 2.00. The van der Waals surface area contributed by atoms with Crippen LogP contribution in [0.4, 0.5) is 5.69 Å². The lowest BCUT2D eigenvalue weighted by Gasteiger charge is -2.15. The number of aliphatic imine (C=N–C) groups is 1. The molecule has 0 saturated carbocycles. The molecule has 0 aliphatic rings. The number of anilines is 1. The Morgan fingerprint density at radius 1 is 1.12 bits per heavy atom. The predicted molar refractivity (Wildman–Crippen MR) is 132 cm³/mol. The lowest BCUT2D eigenvalue weighted by molar-refractivity contribution is 0.0977. The summed E-state index contributed by atoms with van der Waals surface area (Å²) in [5.41, 5.74) is 6.85. The number of carbonyl (C=O) groups excluding carboxylic acids is 1. The second kappa shape index (κ2) is 10.5. The van der Waals surface area contributed by atoms with Gasteiger partial charge in [0, 0.05) is 24.5 Å². The van der Waals surface area contributed by atoms with Gasteiger partial charge in [0.15, 0.2) is 0 Å². The van der Waals surface area contributed by atoms with Crippen LogP contribution in [0.25, 0.3) is 0 Å². The number of halogens is 1. The molecule has 168 valence electrons. The summed E-state index contributed by atoms with van der Waals surface area (Å²) in [5, 5.41) is 11.2. The molecule has 0 spiro atoms. The van der Waals surface area contributed by atoms with E-state index in [0.29, 0.717) is 23.1 Å². The molecule has 2 aromatic carbocycles. The van der Waals surface area contributed by atoms with Crippen molar-refractivity contribution in [2.24, 2.45) is 4.99 Å². The van der Waals surface area contributed by atoms with E-state index in [1.807, 2.05) is 37.6 Å². The molecule has 0 radical (unpaired) electrons. The number of benzene rings is 2. The summed E-state index contributed by atoms with van der Waals surface area (Å²) in [4.78, 5) is 17.6. The minimum absolute atomic E-state index is 0.307. The van der Waals surface area contributed by atoms with Gasteiger partial charge in [0.2, 0.25) is 5.96 Å². The zero-order valence-electron chi connectivity index (χ0n) is 19.3. The molecule has 6 nitrogen and oxygen atoms in total. The molecule has 32 heavy (non-hydrogen) atoms. The highest BCUT2D eigenvalue weighted by Crippen LogP contribution is 2.18. The maximum absolute atomic E-state index is 12.9. The van der Waals surface area contributed by atoms with Gasteiger partial charge in [0.25, 0.3) is 5.91 Å². The van der Waals surface area contributed by atoms with Crippen molar-refractivity contribution in [3.05, 3.63) is 81.1 Å². The Hall–Kier alpha value is -3.12. The Morgan fingerprint density at radius 2 is 1.88 bits per heavy atom. The first-order chi connectivity index (χ1) is 15.3. The van der Waals surface area contributed by atoms with E-state index in [1.165, 1.54) is 5.56 Å². The smallest absolute Gasteiger partial charge is 0.259 e. The number of hydrogen-bond donors (Lipinski definition) is 2. The van der Waals surface area contributed by atoms with Crippen LogP contribution in [-0.2, 0) is 13.0 Å². The van der Waals surface area contributed by atoms with Crippen LogP contribution in [-0.4, -0.2) is 28.2 Å². The Balaban J connectivity index is 1.84. The van der Waals surface area contributed by atoms with Gasteiger partial charge >= 0.3 is 0 Å². The largest absolute Gasteiger partial charge is 0.326 e. The SMILES string of the molecule is CCn1nc(C)c(CCN=C(NC(=O)c2ccccc2Cl)Nc2cc(C)ccc2C)c1C. The monoisotopic (exact) mass is 451 g/mol. The minimum Gasteiger partial charge on any atom is -0.326 e. The van der Waals surface area contributed by atoms with Crippen LogP contribution in [0.5, 0.6) is 0 Å². The third-order valence-electron chi connectivity index (χ3n) is 5.46. The predicted octanol–water partition coefficient (Wildman–Crippen LogP) is 5.23. The summed E-state index contributed by atoms with van der Waals surface area (Å²) in [6.07, 6.45) is 0.734. The molecule has 0 unspecified atom stereocenters. The number of hydrogen-bond acceptors (Lipinski definition) is 3. The fourth-order valence-electron chi connectivity index (χ4n) is 3.61. The second-order valence-corrected chi connectivity index (χ2v) is 8.23. The zero-order valence-corrected chi connectivity index (χ0v) is 20.0. The van der Waals surface area contributed by atoms with Crippen LogP contribution in [0.2, 0.25) is 5.02 Å². The van der Waals surface area contributed by atoms with Crippen LogP contribution in [0.3, 0.4) is 0 Å². The van der Waals surface area contributed by atoms with Crippen LogP contribution in [0.15, 0.2) is 47.5 Å². The van der Waals surface area contributed by atoms with E-state index in [9.17, 15) is 4.79 Å². The molecular formula is C25H30ClN5O. The number of amides is 1. The average molecular weight is 452 g/mol. The minimum atomic E-state index is -0.307. The van der Waals surface area contributed by atoms with Crippen molar-refractivity contribution in [2.45, 2.75) is 47.6 Å². The van der Waals surface area contributed by atoms with Gasteiger partial charge < -0.3 is 5.32 Å². The van der Waals surface area contributed by atoms with Crippen molar-refractivity contribution in [3.8, 4) is 0 Å². The Bertz CT molecular complexity index is 1150. The summed E-state index contributed by atoms with van der Waals surface area (Å²) >= 11 is 6.21. The second-order valence-electron chi connectivity index (χ2n) is 7.82. The number of nitrogens with one attached hydrogen (secondary N) is 2. The van der Waals surface area contributed by atoms with E-state index in [-0.39, 0.29) is 5.91 Å². The number of guanidine groups is 1.